The molecule has 4 aromatic carbocycles. The van der Waals surface area contributed by atoms with Crippen molar-refractivity contribution in [3.63, 3.8) is 0 Å². The number of nitrogens with zero attached hydrogens (tertiary/aromatic N) is 2. The fraction of sp³-hybridized carbons (Fsp3) is 0.261. The van der Waals surface area contributed by atoms with Crippen LogP contribution in [0.15, 0.2) is 134 Å². The zero-order chi connectivity index (χ0) is 35.2. The van der Waals surface area contributed by atoms with Gasteiger partial charge in [-0.3, -0.25) is 0 Å². The third-order valence-electron chi connectivity index (χ3n) is 8.80. The molecule has 252 valence electrons. The molecule has 0 aliphatic rings. The summed E-state index contributed by atoms with van der Waals surface area (Å²) in [6.07, 6.45) is 12.8. The number of ether oxygens (including phenoxy) is 1. The second kappa shape index (κ2) is 18.5. The number of rotatable bonds is 14. The van der Waals surface area contributed by atoms with E-state index in [1.54, 1.807) is 0 Å². The zero-order valence-corrected chi connectivity index (χ0v) is 30.8. The second-order valence-electron chi connectivity index (χ2n) is 12.5. The molecule has 0 atom stereocenters. The molecule has 0 saturated heterocycles. The van der Waals surface area contributed by atoms with Crippen molar-refractivity contribution in [3.8, 4) is 0 Å². The molecular weight excluding hydrogens is 597 g/mol. The van der Waals surface area contributed by atoms with Crippen LogP contribution in [0.5, 0.6) is 0 Å². The lowest BCUT2D eigenvalue weighted by Crippen LogP contribution is -2.20. The molecule has 4 rings (SSSR count). The summed E-state index contributed by atoms with van der Waals surface area (Å²) in [5.41, 5.74) is 11.8. The molecule has 0 N–H and O–H groups in total. The minimum atomic E-state index is 0.783. The summed E-state index contributed by atoms with van der Waals surface area (Å²) < 4.78 is 11.7. The summed E-state index contributed by atoms with van der Waals surface area (Å²) in [5, 5.41) is 0. The first-order valence-electron chi connectivity index (χ1n) is 17.7. The number of benzene rings is 4. The Hall–Kier alpha value is -5.02. The summed E-state index contributed by atoms with van der Waals surface area (Å²) in [6.45, 7) is 21.0. The highest BCUT2D eigenvalue weighted by atomic mass is 16.5. The smallest absolute Gasteiger partial charge is 0.207 e. The summed E-state index contributed by atoms with van der Waals surface area (Å²) >= 11 is 0. The SMILES string of the molecule is CC[N+](CC)=C(/C=C/C=C(/O/C(=C/C=C/C(c1ccc(C)cc1)=[N+](CC)CC)c1ccc(C)cc1)c1ccc(C)cc1)c1ccc(C)cc1. The highest BCUT2D eigenvalue weighted by Crippen LogP contribution is 2.27. The largest absolute Gasteiger partial charge is 0.456 e. The van der Waals surface area contributed by atoms with Gasteiger partial charge in [-0.1, -0.05) is 107 Å². The Morgan fingerprint density at radius 1 is 0.429 bits per heavy atom. The highest BCUT2D eigenvalue weighted by Gasteiger charge is 2.14. The lowest BCUT2D eigenvalue weighted by molar-refractivity contribution is -0.519. The molecule has 0 saturated carbocycles. The quantitative estimate of drug-likeness (QED) is 0.0574. The molecule has 0 bridgehead atoms. The van der Waals surface area contributed by atoms with E-state index in [1.807, 2.05) is 0 Å². The fourth-order valence-corrected chi connectivity index (χ4v) is 5.73. The third kappa shape index (κ3) is 10.5. The lowest BCUT2D eigenvalue weighted by Gasteiger charge is -2.14. The van der Waals surface area contributed by atoms with Crippen LogP contribution < -0.4 is 0 Å². The Balaban J connectivity index is 1.81. The zero-order valence-electron chi connectivity index (χ0n) is 30.8. The minimum Gasteiger partial charge on any atom is -0.456 e. The van der Waals surface area contributed by atoms with Crippen molar-refractivity contribution in [1.82, 2.24) is 0 Å². The molecular formula is C46H54N2O+2. The predicted molar refractivity (Wildman–Crippen MR) is 211 cm³/mol. The van der Waals surface area contributed by atoms with Crippen LogP contribution in [0.4, 0.5) is 0 Å². The van der Waals surface area contributed by atoms with Gasteiger partial charge in [0.2, 0.25) is 11.4 Å². The first-order chi connectivity index (χ1) is 23.8. The maximum atomic E-state index is 6.91. The van der Waals surface area contributed by atoms with Crippen LogP contribution in [0, 0.1) is 27.7 Å². The number of aryl methyl sites for hydroxylation is 4. The predicted octanol–water partition coefficient (Wildman–Crippen LogP) is 10.5. The Bertz CT molecular complexity index is 1690. The van der Waals surface area contributed by atoms with Crippen molar-refractivity contribution in [2.45, 2.75) is 55.4 Å². The van der Waals surface area contributed by atoms with Gasteiger partial charge in [0.05, 0.1) is 0 Å². The van der Waals surface area contributed by atoms with Crippen molar-refractivity contribution < 1.29 is 13.9 Å². The normalized spacial score (nSPS) is 12.1. The molecule has 0 aromatic heterocycles. The van der Waals surface area contributed by atoms with E-state index >= 15 is 0 Å². The third-order valence-corrected chi connectivity index (χ3v) is 8.80. The molecule has 0 aliphatic heterocycles. The van der Waals surface area contributed by atoms with Gasteiger partial charge in [0.1, 0.15) is 37.7 Å². The molecule has 0 radical (unpaired) electrons. The van der Waals surface area contributed by atoms with E-state index in [4.69, 9.17) is 4.74 Å². The maximum Gasteiger partial charge on any atom is 0.207 e. The number of hydrogen-bond donors (Lipinski definition) is 0. The minimum absolute atomic E-state index is 0.783. The topological polar surface area (TPSA) is 15.2 Å². The van der Waals surface area contributed by atoms with Gasteiger partial charge in [0, 0.05) is 34.4 Å². The van der Waals surface area contributed by atoms with Gasteiger partial charge in [-0.2, -0.15) is 0 Å². The lowest BCUT2D eigenvalue weighted by atomic mass is 10.1. The standard InChI is InChI=1S/C46H54N2O/c1-9-47(10-2)43(39-27-19-35(5)20-28-39)15-13-17-45(41-31-23-37(7)24-32-41)49-46(42-33-25-38(8)26-34-42)18-14-16-44(48(11-3)12-4)40-29-21-36(6)22-30-40/h13-34H,9-12H2,1-8H3/q+2/b15-13+,16-14+,45-17+,46-18+. The summed E-state index contributed by atoms with van der Waals surface area (Å²) in [4.78, 5) is 0. The molecule has 3 heteroatoms. The van der Waals surface area contributed by atoms with Gasteiger partial charge < -0.3 is 4.74 Å². The summed E-state index contributed by atoms with van der Waals surface area (Å²) in [7, 11) is 0. The summed E-state index contributed by atoms with van der Waals surface area (Å²) in [6, 6.07) is 34.6. The Morgan fingerprint density at radius 3 is 0.959 bits per heavy atom. The Labute approximate surface area is 295 Å². The van der Waals surface area contributed by atoms with E-state index in [-0.39, 0.29) is 0 Å². The van der Waals surface area contributed by atoms with Crippen LogP contribution in [-0.2, 0) is 4.74 Å². The molecule has 0 unspecified atom stereocenters. The first-order valence-corrected chi connectivity index (χ1v) is 17.7. The van der Waals surface area contributed by atoms with Gasteiger partial charge in [0.25, 0.3) is 0 Å². The van der Waals surface area contributed by atoms with Crippen molar-refractivity contribution in [2.24, 2.45) is 0 Å². The molecule has 0 spiro atoms. The molecule has 0 heterocycles. The van der Waals surface area contributed by atoms with Gasteiger partial charge in [-0.05, 0) is 91.8 Å². The molecule has 49 heavy (non-hydrogen) atoms. The first kappa shape index (κ1) is 36.8. The van der Waals surface area contributed by atoms with Gasteiger partial charge >= 0.3 is 0 Å². The maximum absolute atomic E-state index is 6.91. The van der Waals surface area contributed by atoms with E-state index < -0.39 is 0 Å². The van der Waals surface area contributed by atoms with Gasteiger partial charge in [-0.25, -0.2) is 9.15 Å². The van der Waals surface area contributed by atoms with Gasteiger partial charge in [0.15, 0.2) is 0 Å². The van der Waals surface area contributed by atoms with E-state index in [0.717, 1.165) is 48.8 Å². The van der Waals surface area contributed by atoms with E-state index in [9.17, 15) is 0 Å². The monoisotopic (exact) mass is 650 g/mol. The van der Waals surface area contributed by atoms with Crippen LogP contribution >= 0.6 is 0 Å². The Kier molecular flexibility index (Phi) is 13.9. The Morgan fingerprint density at radius 2 is 0.694 bits per heavy atom. The van der Waals surface area contributed by atoms with E-state index in [2.05, 4.69) is 198 Å². The van der Waals surface area contributed by atoms with E-state index in [1.165, 1.54) is 44.8 Å². The molecule has 0 aliphatic carbocycles. The summed E-state index contributed by atoms with van der Waals surface area (Å²) in [5.74, 6) is 1.57. The highest BCUT2D eigenvalue weighted by molar-refractivity contribution is 6.06. The second-order valence-corrected chi connectivity index (χ2v) is 12.5. The van der Waals surface area contributed by atoms with Gasteiger partial charge in [-0.15, -0.1) is 0 Å². The van der Waals surface area contributed by atoms with Crippen LogP contribution in [0.1, 0.15) is 72.2 Å². The van der Waals surface area contributed by atoms with Crippen LogP contribution in [0.2, 0.25) is 0 Å². The molecule has 4 aromatic rings. The molecule has 3 nitrogen and oxygen atoms in total. The number of allylic oxidation sites excluding steroid dienone is 6. The van der Waals surface area contributed by atoms with Crippen molar-refractivity contribution in [3.05, 3.63) is 178 Å². The van der Waals surface area contributed by atoms with Crippen molar-refractivity contribution in [1.29, 1.82) is 0 Å². The van der Waals surface area contributed by atoms with E-state index in [0.29, 0.717) is 0 Å². The molecule has 0 fully saturated rings. The average molecular weight is 651 g/mol. The average Bonchev–Trinajstić information content (AvgIpc) is 3.11. The molecule has 0 amide bonds. The fourth-order valence-electron chi connectivity index (χ4n) is 5.73. The number of hydrogen-bond acceptors (Lipinski definition) is 1. The van der Waals surface area contributed by atoms with Crippen molar-refractivity contribution >= 4 is 22.9 Å². The van der Waals surface area contributed by atoms with Crippen LogP contribution in [-0.4, -0.2) is 46.8 Å². The van der Waals surface area contributed by atoms with Crippen LogP contribution in [0.25, 0.3) is 11.5 Å². The van der Waals surface area contributed by atoms with Crippen LogP contribution in [0.3, 0.4) is 0 Å². The van der Waals surface area contributed by atoms with Crippen molar-refractivity contribution in [2.75, 3.05) is 26.2 Å².